The molecule has 4 aromatic rings. The second-order valence-electron chi connectivity index (χ2n) is 7.81. The number of carbonyl (C=O) groups is 1. The van der Waals surface area contributed by atoms with Crippen LogP contribution < -0.4 is 11.5 Å². The quantitative estimate of drug-likeness (QED) is 0.405. The lowest BCUT2D eigenvalue weighted by atomic mass is 9.89. The van der Waals surface area contributed by atoms with E-state index >= 15 is 0 Å². The van der Waals surface area contributed by atoms with Gasteiger partial charge in [-0.3, -0.25) is 4.79 Å². The first-order chi connectivity index (χ1) is 15.6. The Morgan fingerprint density at radius 2 is 0.688 bits per heavy atom. The number of nitrogen functional groups attached to an aromatic ring is 2. The maximum absolute atomic E-state index is 14.0. The fraction of sp³-hybridized carbons (Fsp3) is 0. The van der Waals surface area contributed by atoms with E-state index in [9.17, 15) is 4.79 Å². The van der Waals surface area contributed by atoms with E-state index in [0.29, 0.717) is 22.5 Å². The van der Waals surface area contributed by atoms with Gasteiger partial charge in [-0.2, -0.15) is 0 Å². The van der Waals surface area contributed by atoms with Gasteiger partial charge in [0, 0.05) is 33.7 Å². The predicted molar refractivity (Wildman–Crippen MR) is 133 cm³/mol. The number of nitrogens with two attached hydrogens (primary N) is 2. The molecule has 0 aliphatic heterocycles. The summed E-state index contributed by atoms with van der Waals surface area (Å²) in [5.41, 5.74) is 20.2. The summed E-state index contributed by atoms with van der Waals surface area (Å²) in [5.74, 6) is 0.0149. The van der Waals surface area contributed by atoms with Crippen molar-refractivity contribution in [1.29, 1.82) is 0 Å². The maximum Gasteiger partial charge on any atom is 0.195 e. The molecule has 1 aliphatic carbocycles. The van der Waals surface area contributed by atoms with Gasteiger partial charge < -0.3 is 11.5 Å². The lowest BCUT2D eigenvalue weighted by molar-refractivity contribution is -0.108. The van der Waals surface area contributed by atoms with Crippen molar-refractivity contribution in [2.75, 3.05) is 11.5 Å². The van der Waals surface area contributed by atoms with Gasteiger partial charge >= 0.3 is 0 Å². The van der Waals surface area contributed by atoms with Gasteiger partial charge in [-0.05, 0) is 46.5 Å². The second-order valence-corrected chi connectivity index (χ2v) is 7.81. The van der Waals surface area contributed by atoms with Gasteiger partial charge in [0.05, 0.1) is 0 Å². The van der Waals surface area contributed by atoms with Crippen LogP contribution in [0.3, 0.4) is 0 Å². The molecule has 3 nitrogen and oxygen atoms in total. The Balaban J connectivity index is 1.87. The molecule has 0 fully saturated rings. The third-order valence-corrected chi connectivity index (χ3v) is 5.73. The molecule has 0 aromatic heterocycles. The molecule has 154 valence electrons. The van der Waals surface area contributed by atoms with Crippen LogP contribution in [0.15, 0.2) is 109 Å². The van der Waals surface area contributed by atoms with Crippen molar-refractivity contribution in [2.45, 2.75) is 0 Å². The number of Topliss-reactive ketones (excluding diaryl/α,β-unsaturated/α-hetero) is 1. The van der Waals surface area contributed by atoms with Crippen molar-refractivity contribution >= 4 is 39.5 Å². The highest BCUT2D eigenvalue weighted by molar-refractivity contribution is 6.59. The molecule has 5 rings (SSSR count). The zero-order valence-corrected chi connectivity index (χ0v) is 17.5. The predicted octanol–water partition coefficient (Wildman–Crippen LogP) is 5.96. The van der Waals surface area contributed by atoms with Gasteiger partial charge in [0.1, 0.15) is 0 Å². The standard InChI is InChI=1S/C29H22N2O/c30-23-15-11-21(12-16-23)25-26(22-13-17-24(31)18-14-22)28(20-9-5-2-6-10-20)29(32)27(25)19-7-3-1-4-8-19/h1-18H,30-31H2. The molecule has 0 bridgehead atoms. The van der Waals surface area contributed by atoms with Crippen molar-refractivity contribution in [3.05, 3.63) is 131 Å². The van der Waals surface area contributed by atoms with E-state index in [4.69, 9.17) is 11.5 Å². The minimum Gasteiger partial charge on any atom is -0.399 e. The van der Waals surface area contributed by atoms with E-state index in [1.54, 1.807) is 0 Å². The van der Waals surface area contributed by atoms with Gasteiger partial charge in [0.15, 0.2) is 5.78 Å². The molecule has 1 aliphatic rings. The molecular formula is C29H22N2O. The number of hydrogen-bond donors (Lipinski definition) is 2. The van der Waals surface area contributed by atoms with E-state index in [1.165, 1.54) is 0 Å². The highest BCUT2D eigenvalue weighted by atomic mass is 16.1. The van der Waals surface area contributed by atoms with Crippen molar-refractivity contribution in [2.24, 2.45) is 0 Å². The molecule has 3 heteroatoms. The molecule has 4 N–H and O–H groups in total. The van der Waals surface area contributed by atoms with Crippen molar-refractivity contribution in [3.8, 4) is 0 Å². The first-order valence-electron chi connectivity index (χ1n) is 10.5. The Bertz CT molecular complexity index is 1240. The second kappa shape index (κ2) is 8.05. The van der Waals surface area contributed by atoms with Crippen LogP contribution in [-0.4, -0.2) is 5.78 Å². The van der Waals surface area contributed by atoms with E-state index in [0.717, 1.165) is 33.4 Å². The molecule has 0 saturated carbocycles. The van der Waals surface area contributed by atoms with Gasteiger partial charge in [-0.15, -0.1) is 0 Å². The first-order valence-corrected chi connectivity index (χ1v) is 10.5. The molecule has 0 heterocycles. The summed E-state index contributed by atoms with van der Waals surface area (Å²) in [6.45, 7) is 0. The minimum absolute atomic E-state index is 0.0149. The summed E-state index contributed by atoms with van der Waals surface area (Å²) in [6.07, 6.45) is 0. The van der Waals surface area contributed by atoms with Crippen molar-refractivity contribution in [1.82, 2.24) is 0 Å². The Morgan fingerprint density at radius 3 is 1.03 bits per heavy atom. The number of hydrogen-bond acceptors (Lipinski definition) is 3. The maximum atomic E-state index is 14.0. The van der Waals surface area contributed by atoms with Crippen LogP contribution in [-0.2, 0) is 4.79 Å². The normalized spacial score (nSPS) is 13.7. The summed E-state index contributed by atoms with van der Waals surface area (Å²) in [4.78, 5) is 14.0. The Kier molecular flexibility index (Phi) is 4.92. The molecule has 0 spiro atoms. The van der Waals surface area contributed by atoms with Crippen LogP contribution in [0.1, 0.15) is 22.3 Å². The summed E-state index contributed by atoms with van der Waals surface area (Å²) in [5, 5.41) is 0. The number of ketones is 1. The SMILES string of the molecule is Nc1ccc(C2=C(c3ccccc3)C(=O)C(c3ccccc3)=C2c2ccc(N)cc2)cc1. The third kappa shape index (κ3) is 3.40. The molecule has 32 heavy (non-hydrogen) atoms. The Morgan fingerprint density at radius 1 is 0.375 bits per heavy atom. The summed E-state index contributed by atoms with van der Waals surface area (Å²) >= 11 is 0. The van der Waals surface area contributed by atoms with Crippen LogP contribution in [0.5, 0.6) is 0 Å². The van der Waals surface area contributed by atoms with Crippen molar-refractivity contribution in [3.63, 3.8) is 0 Å². The van der Waals surface area contributed by atoms with E-state index in [2.05, 4.69) is 0 Å². The number of allylic oxidation sites excluding steroid dienone is 4. The zero-order valence-electron chi connectivity index (χ0n) is 17.5. The lowest BCUT2D eigenvalue weighted by Gasteiger charge is -2.14. The van der Waals surface area contributed by atoms with E-state index in [-0.39, 0.29) is 5.78 Å². The highest BCUT2D eigenvalue weighted by Crippen LogP contribution is 2.49. The van der Waals surface area contributed by atoms with Crippen molar-refractivity contribution < 1.29 is 4.79 Å². The lowest BCUT2D eigenvalue weighted by Crippen LogP contribution is -2.01. The van der Waals surface area contributed by atoms with Crippen LogP contribution in [0, 0.1) is 0 Å². The molecule has 0 amide bonds. The number of anilines is 2. The minimum atomic E-state index is 0.0149. The Hall–Kier alpha value is -4.37. The molecule has 0 unspecified atom stereocenters. The molecule has 4 aromatic carbocycles. The van der Waals surface area contributed by atoms with Gasteiger partial charge in [-0.1, -0.05) is 84.9 Å². The molecule has 0 radical (unpaired) electrons. The number of rotatable bonds is 4. The summed E-state index contributed by atoms with van der Waals surface area (Å²) in [6, 6.07) is 35.1. The van der Waals surface area contributed by atoms with E-state index < -0.39 is 0 Å². The summed E-state index contributed by atoms with van der Waals surface area (Å²) < 4.78 is 0. The molecular weight excluding hydrogens is 392 g/mol. The van der Waals surface area contributed by atoms with Crippen LogP contribution in [0.25, 0.3) is 22.3 Å². The first kappa shape index (κ1) is 19.6. The van der Waals surface area contributed by atoms with E-state index in [1.807, 2.05) is 109 Å². The largest absolute Gasteiger partial charge is 0.399 e. The molecule has 0 saturated heterocycles. The van der Waals surface area contributed by atoms with Gasteiger partial charge in [-0.25, -0.2) is 0 Å². The smallest absolute Gasteiger partial charge is 0.195 e. The fourth-order valence-electron chi connectivity index (χ4n) is 4.24. The van der Waals surface area contributed by atoms with Gasteiger partial charge in [0.25, 0.3) is 0 Å². The van der Waals surface area contributed by atoms with Crippen LogP contribution in [0.2, 0.25) is 0 Å². The highest BCUT2D eigenvalue weighted by Gasteiger charge is 2.35. The average molecular weight is 415 g/mol. The summed E-state index contributed by atoms with van der Waals surface area (Å²) in [7, 11) is 0. The zero-order chi connectivity index (χ0) is 22.1. The molecule has 0 atom stereocenters. The monoisotopic (exact) mass is 414 g/mol. The van der Waals surface area contributed by atoms with Crippen LogP contribution >= 0.6 is 0 Å². The fourth-order valence-corrected chi connectivity index (χ4v) is 4.24. The Labute approximate surface area is 187 Å². The average Bonchev–Trinajstić information content (AvgIpc) is 3.14. The number of benzene rings is 4. The third-order valence-electron chi connectivity index (χ3n) is 5.73. The van der Waals surface area contributed by atoms with Crippen LogP contribution in [0.4, 0.5) is 11.4 Å². The number of carbonyl (C=O) groups excluding carboxylic acids is 1. The topological polar surface area (TPSA) is 69.1 Å². The van der Waals surface area contributed by atoms with Gasteiger partial charge in [0.2, 0.25) is 0 Å².